The lowest BCUT2D eigenvalue weighted by atomic mass is 10.2. The van der Waals surface area contributed by atoms with E-state index in [1.807, 2.05) is 6.92 Å². The van der Waals surface area contributed by atoms with Crippen LogP contribution in [0.1, 0.15) is 27.6 Å². The molecule has 2 aromatic rings. The van der Waals surface area contributed by atoms with E-state index >= 15 is 0 Å². The lowest BCUT2D eigenvalue weighted by Gasteiger charge is -2.08. The standard InChI is InChI=1S/C18H17ClN2O5/c1-2-25-15-9-5-13(6-10-15)18(24)26-11-16(22)20-21-17(23)12-3-7-14(19)8-4-12/h3-10H,2,11H2,1H3,(H,20,22)(H,21,23). The monoisotopic (exact) mass is 376 g/mol. The second-order valence-corrected chi connectivity index (χ2v) is 5.48. The van der Waals surface area contributed by atoms with E-state index in [-0.39, 0.29) is 5.56 Å². The molecular formula is C18H17ClN2O5. The Morgan fingerprint density at radius 3 is 2.15 bits per heavy atom. The van der Waals surface area contributed by atoms with Crippen molar-refractivity contribution in [3.05, 3.63) is 64.7 Å². The van der Waals surface area contributed by atoms with Gasteiger partial charge in [-0.05, 0) is 55.5 Å². The average molecular weight is 377 g/mol. The van der Waals surface area contributed by atoms with Crippen molar-refractivity contribution < 1.29 is 23.9 Å². The van der Waals surface area contributed by atoms with Crippen LogP contribution >= 0.6 is 11.6 Å². The zero-order valence-electron chi connectivity index (χ0n) is 14.0. The third-order valence-corrected chi connectivity index (χ3v) is 3.41. The summed E-state index contributed by atoms with van der Waals surface area (Å²) in [6, 6.07) is 12.5. The molecule has 0 aliphatic carbocycles. The van der Waals surface area contributed by atoms with Gasteiger partial charge in [0.05, 0.1) is 12.2 Å². The Labute approximate surface area is 155 Å². The van der Waals surface area contributed by atoms with Gasteiger partial charge in [-0.2, -0.15) is 0 Å². The lowest BCUT2D eigenvalue weighted by molar-refractivity contribution is -0.125. The second kappa shape index (κ2) is 9.43. The van der Waals surface area contributed by atoms with Gasteiger partial charge in [0, 0.05) is 10.6 Å². The molecule has 8 heteroatoms. The first-order chi connectivity index (χ1) is 12.5. The van der Waals surface area contributed by atoms with Crippen molar-refractivity contribution in [2.24, 2.45) is 0 Å². The van der Waals surface area contributed by atoms with Crippen LogP contribution in [0.25, 0.3) is 0 Å². The summed E-state index contributed by atoms with van der Waals surface area (Å²) in [5.74, 6) is -1.22. The van der Waals surface area contributed by atoms with Crippen LogP contribution in [0.2, 0.25) is 5.02 Å². The van der Waals surface area contributed by atoms with E-state index < -0.39 is 24.4 Å². The van der Waals surface area contributed by atoms with Crippen LogP contribution in [0.4, 0.5) is 0 Å². The van der Waals surface area contributed by atoms with Crippen molar-refractivity contribution in [2.75, 3.05) is 13.2 Å². The maximum atomic E-state index is 11.9. The molecule has 136 valence electrons. The van der Waals surface area contributed by atoms with Gasteiger partial charge in [-0.1, -0.05) is 11.6 Å². The fraction of sp³-hybridized carbons (Fsp3) is 0.167. The zero-order chi connectivity index (χ0) is 18.9. The Morgan fingerprint density at radius 1 is 0.923 bits per heavy atom. The number of hydrogen-bond acceptors (Lipinski definition) is 5. The second-order valence-electron chi connectivity index (χ2n) is 5.04. The normalized spacial score (nSPS) is 9.92. The summed E-state index contributed by atoms with van der Waals surface area (Å²) >= 11 is 5.73. The molecule has 2 N–H and O–H groups in total. The molecule has 0 saturated heterocycles. The Kier molecular flexibility index (Phi) is 6.99. The lowest BCUT2D eigenvalue weighted by Crippen LogP contribution is -2.43. The highest BCUT2D eigenvalue weighted by atomic mass is 35.5. The number of benzene rings is 2. The summed E-state index contributed by atoms with van der Waals surface area (Å²) in [5, 5.41) is 0.492. The van der Waals surface area contributed by atoms with Gasteiger partial charge in [-0.15, -0.1) is 0 Å². The molecule has 0 heterocycles. The molecule has 0 bridgehead atoms. The van der Waals surface area contributed by atoms with Gasteiger partial charge < -0.3 is 9.47 Å². The van der Waals surface area contributed by atoms with Crippen LogP contribution in [0.3, 0.4) is 0 Å². The first kappa shape index (κ1) is 19.3. The third-order valence-electron chi connectivity index (χ3n) is 3.16. The van der Waals surface area contributed by atoms with Gasteiger partial charge in [0.1, 0.15) is 5.75 Å². The number of carbonyl (C=O) groups excluding carboxylic acids is 3. The van der Waals surface area contributed by atoms with Crippen molar-refractivity contribution in [3.63, 3.8) is 0 Å². The number of hydrazine groups is 1. The molecule has 0 saturated carbocycles. The van der Waals surface area contributed by atoms with Crippen LogP contribution in [0.5, 0.6) is 5.75 Å². The highest BCUT2D eigenvalue weighted by molar-refractivity contribution is 6.30. The molecule has 0 unspecified atom stereocenters. The highest BCUT2D eigenvalue weighted by Crippen LogP contribution is 2.12. The smallest absolute Gasteiger partial charge is 0.338 e. The Balaban J connectivity index is 1.76. The molecule has 0 fully saturated rings. The first-order valence-electron chi connectivity index (χ1n) is 7.74. The minimum atomic E-state index is -0.674. The fourth-order valence-electron chi connectivity index (χ4n) is 1.90. The minimum Gasteiger partial charge on any atom is -0.494 e. The van der Waals surface area contributed by atoms with Gasteiger partial charge in [0.2, 0.25) is 0 Å². The predicted molar refractivity (Wildman–Crippen MR) is 95.0 cm³/mol. The maximum absolute atomic E-state index is 11.9. The molecule has 7 nitrogen and oxygen atoms in total. The number of amides is 2. The summed E-state index contributed by atoms with van der Waals surface area (Å²) in [4.78, 5) is 35.3. The van der Waals surface area contributed by atoms with E-state index in [0.29, 0.717) is 22.9 Å². The third kappa shape index (κ3) is 5.78. The molecule has 0 atom stereocenters. The van der Waals surface area contributed by atoms with E-state index in [0.717, 1.165) is 0 Å². The zero-order valence-corrected chi connectivity index (χ0v) is 14.7. The van der Waals surface area contributed by atoms with E-state index in [1.165, 1.54) is 24.3 Å². The minimum absolute atomic E-state index is 0.284. The molecule has 0 aliphatic heterocycles. The average Bonchev–Trinajstić information content (AvgIpc) is 2.65. The van der Waals surface area contributed by atoms with Gasteiger partial charge in [0.15, 0.2) is 6.61 Å². The number of esters is 1. The molecule has 26 heavy (non-hydrogen) atoms. The van der Waals surface area contributed by atoms with E-state index in [1.54, 1.807) is 24.3 Å². The molecular weight excluding hydrogens is 360 g/mol. The molecule has 2 aromatic carbocycles. The van der Waals surface area contributed by atoms with Crippen molar-refractivity contribution in [1.29, 1.82) is 0 Å². The van der Waals surface area contributed by atoms with Crippen molar-refractivity contribution >= 4 is 29.4 Å². The largest absolute Gasteiger partial charge is 0.494 e. The first-order valence-corrected chi connectivity index (χ1v) is 8.12. The molecule has 0 aliphatic rings. The Morgan fingerprint density at radius 2 is 1.54 bits per heavy atom. The molecule has 2 rings (SSSR count). The highest BCUT2D eigenvalue weighted by Gasteiger charge is 2.11. The Hall–Kier alpha value is -3.06. The number of rotatable bonds is 6. The van der Waals surface area contributed by atoms with Crippen LogP contribution in [0.15, 0.2) is 48.5 Å². The van der Waals surface area contributed by atoms with Crippen LogP contribution in [0, 0.1) is 0 Å². The van der Waals surface area contributed by atoms with Gasteiger partial charge >= 0.3 is 5.97 Å². The fourth-order valence-corrected chi connectivity index (χ4v) is 2.03. The predicted octanol–water partition coefficient (Wildman–Crippen LogP) is 2.36. The Bertz CT molecular complexity index is 775. The molecule has 0 spiro atoms. The molecule has 0 aromatic heterocycles. The quantitative estimate of drug-likeness (QED) is 0.596. The number of nitrogens with one attached hydrogen (secondary N) is 2. The van der Waals surface area contributed by atoms with Gasteiger partial charge in [-0.3, -0.25) is 20.4 Å². The number of ether oxygens (including phenoxy) is 2. The number of carbonyl (C=O) groups is 3. The van der Waals surface area contributed by atoms with Gasteiger partial charge in [-0.25, -0.2) is 4.79 Å². The van der Waals surface area contributed by atoms with Crippen LogP contribution < -0.4 is 15.6 Å². The van der Waals surface area contributed by atoms with Crippen molar-refractivity contribution in [3.8, 4) is 5.75 Å². The summed E-state index contributed by atoms with van der Waals surface area (Å²) in [5.41, 5.74) is 4.98. The van der Waals surface area contributed by atoms with E-state index in [2.05, 4.69) is 10.9 Å². The SMILES string of the molecule is CCOc1ccc(C(=O)OCC(=O)NNC(=O)c2ccc(Cl)cc2)cc1. The maximum Gasteiger partial charge on any atom is 0.338 e. The summed E-state index contributed by atoms with van der Waals surface area (Å²) < 4.78 is 10.2. The molecule has 0 radical (unpaired) electrons. The van der Waals surface area contributed by atoms with Crippen LogP contribution in [-0.2, 0) is 9.53 Å². The molecule has 2 amide bonds. The summed E-state index contributed by atoms with van der Waals surface area (Å²) in [7, 11) is 0. The summed E-state index contributed by atoms with van der Waals surface area (Å²) in [6.45, 7) is 1.84. The summed E-state index contributed by atoms with van der Waals surface area (Å²) in [6.07, 6.45) is 0. The topological polar surface area (TPSA) is 93.7 Å². The van der Waals surface area contributed by atoms with E-state index in [4.69, 9.17) is 21.1 Å². The number of hydrogen-bond donors (Lipinski definition) is 2. The van der Waals surface area contributed by atoms with Crippen molar-refractivity contribution in [1.82, 2.24) is 10.9 Å². The van der Waals surface area contributed by atoms with Crippen LogP contribution in [-0.4, -0.2) is 31.0 Å². The van der Waals surface area contributed by atoms with E-state index in [9.17, 15) is 14.4 Å². The number of halogens is 1. The van der Waals surface area contributed by atoms with Crippen molar-refractivity contribution in [2.45, 2.75) is 6.92 Å². The van der Waals surface area contributed by atoms with Gasteiger partial charge in [0.25, 0.3) is 11.8 Å².